The van der Waals surface area contributed by atoms with Crippen LogP contribution in [0.15, 0.2) is 42.6 Å². The molecule has 28 heavy (non-hydrogen) atoms. The summed E-state index contributed by atoms with van der Waals surface area (Å²) in [6.45, 7) is 0. The molecule has 2 amide bonds. The maximum absolute atomic E-state index is 13.8. The molecule has 0 spiro atoms. The molecule has 1 aromatic heterocycles. The van der Waals surface area contributed by atoms with Gasteiger partial charge in [0.15, 0.2) is 5.95 Å². The van der Waals surface area contributed by atoms with E-state index >= 15 is 0 Å². The van der Waals surface area contributed by atoms with Gasteiger partial charge in [-0.15, -0.1) is 0 Å². The molecule has 0 aliphatic rings. The summed E-state index contributed by atoms with van der Waals surface area (Å²) in [4.78, 5) is 18.6. The molecule has 0 aliphatic heterocycles. The normalized spacial score (nSPS) is 11.3. The van der Waals surface area contributed by atoms with E-state index in [4.69, 9.17) is 5.73 Å². The highest BCUT2D eigenvalue weighted by molar-refractivity contribution is 6.00. The van der Waals surface area contributed by atoms with Crippen LogP contribution in [0, 0.1) is 11.6 Å². The minimum atomic E-state index is -4.92. The van der Waals surface area contributed by atoms with E-state index in [0.717, 1.165) is 0 Å². The number of hydrogen-bond acceptors (Lipinski definition) is 3. The summed E-state index contributed by atoms with van der Waals surface area (Å²) in [5, 5.41) is 4.20. The molecule has 0 saturated heterocycles. The van der Waals surface area contributed by atoms with E-state index in [-0.39, 0.29) is 23.8 Å². The molecule has 0 unspecified atom stereocenters. The van der Waals surface area contributed by atoms with Crippen LogP contribution >= 0.6 is 0 Å². The van der Waals surface area contributed by atoms with Gasteiger partial charge in [-0.1, -0.05) is 12.1 Å². The minimum Gasteiger partial charge on any atom is -0.369 e. The van der Waals surface area contributed by atoms with Crippen LogP contribution in [0.5, 0.6) is 0 Å². The van der Waals surface area contributed by atoms with E-state index in [1.807, 2.05) is 5.32 Å². The Morgan fingerprint density at radius 1 is 1.07 bits per heavy atom. The highest BCUT2D eigenvalue weighted by Gasteiger charge is 2.33. The molecule has 11 heteroatoms. The Labute approximate surface area is 154 Å². The minimum absolute atomic E-state index is 0.0992. The smallest absolute Gasteiger partial charge is 0.369 e. The fraction of sp³-hybridized carbons (Fsp3) is 0.0588. The predicted molar refractivity (Wildman–Crippen MR) is 92.4 cm³/mol. The second-order valence-corrected chi connectivity index (χ2v) is 5.65. The Morgan fingerprint density at radius 3 is 2.32 bits per heavy atom. The predicted octanol–water partition coefficient (Wildman–Crippen LogP) is 4.60. The number of urea groups is 1. The quantitative estimate of drug-likeness (QED) is 0.487. The molecule has 3 rings (SSSR count). The van der Waals surface area contributed by atoms with Gasteiger partial charge < -0.3 is 21.4 Å². The lowest BCUT2D eigenvalue weighted by Gasteiger charge is -2.12. The van der Waals surface area contributed by atoms with Crippen molar-refractivity contribution in [1.29, 1.82) is 0 Å². The number of rotatable bonds is 3. The number of hydrogen-bond donors (Lipinski definition) is 4. The van der Waals surface area contributed by atoms with Crippen molar-refractivity contribution in [2.24, 2.45) is 0 Å². The molecular weight excluding hydrogens is 385 g/mol. The van der Waals surface area contributed by atoms with Crippen LogP contribution in [0.3, 0.4) is 0 Å². The zero-order valence-corrected chi connectivity index (χ0v) is 13.9. The number of anilines is 3. The third kappa shape index (κ3) is 4.19. The number of nitrogens with one attached hydrogen (secondary N) is 3. The molecule has 0 radical (unpaired) electrons. The summed E-state index contributed by atoms with van der Waals surface area (Å²) >= 11 is 0. The molecule has 0 fully saturated rings. The first-order valence-corrected chi connectivity index (χ1v) is 7.68. The Kier molecular flexibility index (Phi) is 4.91. The number of aromatic amines is 1. The van der Waals surface area contributed by atoms with Crippen LogP contribution in [-0.4, -0.2) is 16.0 Å². The Hall–Kier alpha value is -3.63. The van der Waals surface area contributed by atoms with Gasteiger partial charge in [-0.05, 0) is 24.3 Å². The van der Waals surface area contributed by atoms with Crippen molar-refractivity contribution in [3.8, 4) is 11.3 Å². The van der Waals surface area contributed by atoms with Crippen LogP contribution in [0.4, 0.5) is 44.1 Å². The van der Waals surface area contributed by atoms with Gasteiger partial charge in [0.1, 0.15) is 17.3 Å². The van der Waals surface area contributed by atoms with E-state index in [9.17, 15) is 26.7 Å². The largest absolute Gasteiger partial charge is 0.416 e. The molecule has 1 heterocycles. The summed E-state index contributed by atoms with van der Waals surface area (Å²) < 4.78 is 65.3. The zero-order chi connectivity index (χ0) is 20.5. The van der Waals surface area contributed by atoms with Gasteiger partial charge in [0, 0.05) is 11.3 Å². The fourth-order valence-corrected chi connectivity index (χ4v) is 2.38. The number of imidazole rings is 1. The molecule has 2 aromatic carbocycles. The average molecular weight is 397 g/mol. The molecule has 0 atom stereocenters. The number of alkyl halides is 3. The maximum atomic E-state index is 13.8. The molecular formula is C17H12F5N5O. The fourth-order valence-electron chi connectivity index (χ4n) is 2.38. The van der Waals surface area contributed by atoms with Crippen molar-refractivity contribution in [2.75, 3.05) is 16.4 Å². The number of nitrogen functional groups attached to an aromatic ring is 1. The van der Waals surface area contributed by atoms with E-state index in [1.54, 1.807) is 12.1 Å². The molecule has 3 aromatic rings. The SMILES string of the molecule is Nc1ncc(-c2cccc(NC(=O)Nc3c(F)cc(C(F)(F)F)cc3F)c2)[nH]1. The summed E-state index contributed by atoms with van der Waals surface area (Å²) in [6, 6.07) is 5.49. The molecule has 6 nitrogen and oxygen atoms in total. The van der Waals surface area contributed by atoms with Crippen LogP contribution < -0.4 is 16.4 Å². The lowest BCUT2D eigenvalue weighted by molar-refractivity contribution is -0.137. The standard InChI is InChI=1S/C17H12F5N5O/c18-11-5-9(17(20,21)22)6-12(19)14(11)27-16(28)25-10-3-1-2-8(4-10)13-7-24-15(23)26-13/h1-7H,(H3,23,24,26)(H2,25,27,28). The second-order valence-electron chi connectivity index (χ2n) is 5.65. The first-order valence-electron chi connectivity index (χ1n) is 7.68. The number of carbonyl (C=O) groups is 1. The topological polar surface area (TPSA) is 95.8 Å². The molecule has 146 valence electrons. The van der Waals surface area contributed by atoms with Crippen molar-refractivity contribution < 1.29 is 26.7 Å². The Bertz CT molecular complexity index is 1010. The van der Waals surface area contributed by atoms with Gasteiger partial charge in [0.25, 0.3) is 0 Å². The van der Waals surface area contributed by atoms with Gasteiger partial charge in [-0.3, -0.25) is 0 Å². The molecule has 0 saturated carbocycles. The number of carbonyl (C=O) groups excluding carboxylic acids is 1. The number of nitrogens with two attached hydrogens (primary N) is 1. The van der Waals surface area contributed by atoms with Gasteiger partial charge in [-0.25, -0.2) is 18.6 Å². The average Bonchev–Trinajstić information content (AvgIpc) is 3.04. The first kappa shape index (κ1) is 19.1. The van der Waals surface area contributed by atoms with E-state index in [1.165, 1.54) is 18.3 Å². The molecule has 0 aliphatic carbocycles. The van der Waals surface area contributed by atoms with Crippen LogP contribution in [0.1, 0.15) is 5.56 Å². The third-order valence-electron chi connectivity index (χ3n) is 3.63. The van der Waals surface area contributed by atoms with Crippen molar-refractivity contribution in [3.63, 3.8) is 0 Å². The monoisotopic (exact) mass is 397 g/mol. The second kappa shape index (κ2) is 7.18. The lowest BCUT2D eigenvalue weighted by atomic mass is 10.1. The third-order valence-corrected chi connectivity index (χ3v) is 3.63. The summed E-state index contributed by atoms with van der Waals surface area (Å²) in [5.41, 5.74) is 4.45. The molecule has 5 N–H and O–H groups in total. The number of aromatic nitrogens is 2. The number of halogens is 5. The lowest BCUT2D eigenvalue weighted by Crippen LogP contribution is -2.21. The highest BCUT2D eigenvalue weighted by Crippen LogP contribution is 2.33. The first-order chi connectivity index (χ1) is 13.1. The van der Waals surface area contributed by atoms with Crippen molar-refractivity contribution in [2.45, 2.75) is 6.18 Å². The number of H-pyrrole nitrogens is 1. The van der Waals surface area contributed by atoms with Crippen molar-refractivity contribution in [3.05, 3.63) is 59.8 Å². The number of nitrogens with zero attached hydrogens (tertiary/aromatic N) is 1. The summed E-state index contributed by atoms with van der Waals surface area (Å²) in [6.07, 6.45) is -3.44. The van der Waals surface area contributed by atoms with Gasteiger partial charge in [0.2, 0.25) is 0 Å². The van der Waals surface area contributed by atoms with Gasteiger partial charge >= 0.3 is 12.2 Å². The summed E-state index contributed by atoms with van der Waals surface area (Å²) in [5.74, 6) is -2.91. The van der Waals surface area contributed by atoms with Crippen LogP contribution in [0.2, 0.25) is 0 Å². The number of benzene rings is 2. The molecule has 0 bridgehead atoms. The van der Waals surface area contributed by atoms with Crippen molar-refractivity contribution >= 4 is 23.4 Å². The zero-order valence-electron chi connectivity index (χ0n) is 13.9. The summed E-state index contributed by atoms with van der Waals surface area (Å²) in [7, 11) is 0. The van der Waals surface area contributed by atoms with Crippen LogP contribution in [-0.2, 0) is 6.18 Å². The van der Waals surface area contributed by atoms with Gasteiger partial charge in [-0.2, -0.15) is 13.2 Å². The maximum Gasteiger partial charge on any atom is 0.416 e. The van der Waals surface area contributed by atoms with E-state index < -0.39 is 35.1 Å². The number of amides is 2. The van der Waals surface area contributed by atoms with E-state index in [2.05, 4.69) is 15.3 Å². The highest BCUT2D eigenvalue weighted by atomic mass is 19.4. The van der Waals surface area contributed by atoms with Gasteiger partial charge in [0.05, 0.1) is 17.5 Å². The van der Waals surface area contributed by atoms with Crippen molar-refractivity contribution in [1.82, 2.24) is 9.97 Å². The van der Waals surface area contributed by atoms with E-state index in [0.29, 0.717) is 11.3 Å². The van der Waals surface area contributed by atoms with Crippen LogP contribution in [0.25, 0.3) is 11.3 Å². The Morgan fingerprint density at radius 2 is 1.75 bits per heavy atom. The Balaban J connectivity index is 1.76.